The number of hydrogen-bond donors (Lipinski definition) is 2. The fourth-order valence-corrected chi connectivity index (χ4v) is 7.60. The first-order valence-electron chi connectivity index (χ1n) is 22.5. The molecule has 6 nitrogen and oxygen atoms in total. The lowest BCUT2D eigenvalue weighted by Crippen LogP contribution is -2.47. The van der Waals surface area contributed by atoms with Crippen molar-refractivity contribution >= 4 is 11.8 Å². The smallest absolute Gasteiger partial charge is 0.245 e. The van der Waals surface area contributed by atoms with Gasteiger partial charge in [0.1, 0.15) is 0 Å². The van der Waals surface area contributed by atoms with Gasteiger partial charge in [0, 0.05) is 5.57 Å². The van der Waals surface area contributed by atoms with Crippen LogP contribution in [0, 0.1) is 5.41 Å². The van der Waals surface area contributed by atoms with Crippen molar-refractivity contribution in [3.63, 3.8) is 0 Å². The van der Waals surface area contributed by atoms with Gasteiger partial charge < -0.3 is 21.3 Å². The summed E-state index contributed by atoms with van der Waals surface area (Å²) in [6.45, 7) is 18.8. The molecular weight excluding hydrogens is 629 g/mol. The molecule has 0 aromatic heterocycles. The Balaban J connectivity index is 5.61. The number of carbonyl (C=O) groups excluding carboxylic acids is 2. The summed E-state index contributed by atoms with van der Waals surface area (Å²) in [5.74, 6) is -1.03. The van der Waals surface area contributed by atoms with E-state index in [2.05, 4.69) is 44.1 Å². The van der Waals surface area contributed by atoms with Crippen LogP contribution in [0.5, 0.6) is 0 Å². The molecule has 51 heavy (non-hydrogen) atoms. The van der Waals surface area contributed by atoms with E-state index >= 15 is 0 Å². The zero-order valence-electron chi connectivity index (χ0n) is 35.0. The molecule has 0 unspecified atom stereocenters. The van der Waals surface area contributed by atoms with Crippen molar-refractivity contribution in [2.45, 2.75) is 220 Å². The number of rotatable bonds is 41. The average Bonchev–Trinajstić information content (AvgIpc) is 3.12. The van der Waals surface area contributed by atoms with Crippen molar-refractivity contribution in [3.05, 3.63) is 12.2 Å². The first kappa shape index (κ1) is 49.6. The van der Waals surface area contributed by atoms with E-state index in [0.717, 1.165) is 39.3 Å². The average molecular weight is 719 g/mol. The van der Waals surface area contributed by atoms with Crippen LogP contribution in [0.4, 0.5) is 0 Å². The number of carbonyl (C=O) groups is 2. The maximum absolute atomic E-state index is 13.5. The van der Waals surface area contributed by atoms with Crippen LogP contribution in [0.1, 0.15) is 220 Å². The van der Waals surface area contributed by atoms with Crippen LogP contribution < -0.4 is 11.5 Å². The predicted octanol–water partition coefficient (Wildman–Crippen LogP) is 11.9. The number of unbranched alkanes of at least 4 members (excludes halogenated alkanes) is 24. The molecular formula is C45H90N4O2. The summed E-state index contributed by atoms with van der Waals surface area (Å²) in [6.07, 6.45) is 37.0. The number of primary amides is 2. The first-order valence-corrected chi connectivity index (χ1v) is 22.5. The van der Waals surface area contributed by atoms with E-state index in [1.807, 2.05) is 0 Å². The lowest BCUT2D eigenvalue weighted by atomic mass is 9.73. The van der Waals surface area contributed by atoms with E-state index in [1.165, 1.54) is 180 Å². The fourth-order valence-electron chi connectivity index (χ4n) is 7.60. The molecule has 2 amide bonds. The van der Waals surface area contributed by atoms with E-state index in [0.29, 0.717) is 12.8 Å². The molecule has 0 saturated heterocycles. The number of hydrogen-bond acceptors (Lipinski definition) is 4. The Morgan fingerprint density at radius 3 is 0.863 bits per heavy atom. The minimum absolute atomic E-state index is 0.202. The fraction of sp³-hybridized carbons (Fsp3) is 0.911. The molecule has 0 saturated carbocycles. The van der Waals surface area contributed by atoms with Crippen molar-refractivity contribution in [3.8, 4) is 0 Å². The highest BCUT2D eigenvalue weighted by atomic mass is 16.2. The topological polar surface area (TPSA) is 92.7 Å². The van der Waals surface area contributed by atoms with E-state index < -0.39 is 17.2 Å². The maximum Gasteiger partial charge on any atom is 0.245 e. The Morgan fingerprint density at radius 2 is 0.647 bits per heavy atom. The molecule has 0 aromatic rings. The highest BCUT2D eigenvalue weighted by Crippen LogP contribution is 2.35. The lowest BCUT2D eigenvalue weighted by molar-refractivity contribution is -0.129. The molecule has 0 fully saturated rings. The highest BCUT2D eigenvalue weighted by molar-refractivity contribution is 6.00. The Labute approximate surface area is 319 Å². The van der Waals surface area contributed by atoms with Gasteiger partial charge in [-0.25, -0.2) is 0 Å². The van der Waals surface area contributed by atoms with E-state index in [-0.39, 0.29) is 5.57 Å². The third-order valence-electron chi connectivity index (χ3n) is 11.4. The second-order valence-corrected chi connectivity index (χ2v) is 16.0. The quantitative estimate of drug-likeness (QED) is 0.0486. The van der Waals surface area contributed by atoms with Crippen LogP contribution in [0.15, 0.2) is 12.2 Å². The molecule has 302 valence electrons. The zero-order valence-corrected chi connectivity index (χ0v) is 35.0. The molecule has 0 aliphatic carbocycles. The zero-order chi connectivity index (χ0) is 37.8. The number of nitrogens with two attached hydrogens (primary N) is 2. The van der Waals surface area contributed by atoms with Crippen molar-refractivity contribution < 1.29 is 9.59 Å². The van der Waals surface area contributed by atoms with Gasteiger partial charge in [-0.3, -0.25) is 9.59 Å². The molecule has 6 heteroatoms. The SMILES string of the molecule is C=C(C(N)=O)C(CCN(CCCCCCCCC)CCCCCCCCC)(CCN(CCCCCCCCC)CCCCCCCCC)C(N)=O. The third-order valence-corrected chi connectivity index (χ3v) is 11.4. The Bertz CT molecular complexity index is 736. The minimum Gasteiger partial charge on any atom is -0.369 e. The first-order chi connectivity index (χ1) is 24.8. The number of nitrogens with zero attached hydrogens (tertiary/aromatic N) is 2. The van der Waals surface area contributed by atoms with Crippen LogP contribution in [0.2, 0.25) is 0 Å². The Morgan fingerprint density at radius 1 is 0.412 bits per heavy atom. The summed E-state index contributed by atoms with van der Waals surface area (Å²) in [4.78, 5) is 31.2. The molecule has 0 atom stereocenters. The van der Waals surface area contributed by atoms with Gasteiger partial charge in [-0.2, -0.15) is 0 Å². The summed E-state index contributed by atoms with van der Waals surface area (Å²) in [7, 11) is 0. The summed E-state index contributed by atoms with van der Waals surface area (Å²) in [5.41, 5.74) is 11.2. The van der Waals surface area contributed by atoms with Gasteiger partial charge in [0.05, 0.1) is 5.41 Å². The molecule has 0 heterocycles. The van der Waals surface area contributed by atoms with Crippen molar-refractivity contribution in [2.24, 2.45) is 16.9 Å². The van der Waals surface area contributed by atoms with Gasteiger partial charge in [0.2, 0.25) is 11.8 Å². The van der Waals surface area contributed by atoms with Crippen LogP contribution in [-0.4, -0.2) is 60.9 Å². The van der Waals surface area contributed by atoms with E-state index in [1.54, 1.807) is 0 Å². The monoisotopic (exact) mass is 719 g/mol. The van der Waals surface area contributed by atoms with Gasteiger partial charge in [-0.1, -0.05) is 188 Å². The summed E-state index contributed by atoms with van der Waals surface area (Å²) >= 11 is 0. The van der Waals surface area contributed by atoms with Gasteiger partial charge in [0.25, 0.3) is 0 Å². The summed E-state index contributed by atoms with van der Waals surface area (Å²) < 4.78 is 0. The second kappa shape index (κ2) is 35.6. The molecule has 0 rings (SSSR count). The van der Waals surface area contributed by atoms with Crippen LogP contribution in [0.25, 0.3) is 0 Å². The third kappa shape index (κ3) is 26.9. The van der Waals surface area contributed by atoms with E-state index in [9.17, 15) is 9.59 Å². The highest BCUT2D eigenvalue weighted by Gasteiger charge is 2.42. The maximum atomic E-state index is 13.5. The molecule has 0 spiro atoms. The standard InChI is InChI=1S/C45H90N4O2/c1-6-10-14-18-22-26-30-36-48(37-31-27-23-19-15-11-7-2)40-34-45(44(47)51,42(5)43(46)50)35-41-49(38-32-28-24-20-16-12-8-3)39-33-29-25-21-17-13-9-4/h5-41H2,1-4H3,(H2,46,50)(H2,47,51). The molecule has 0 aliphatic rings. The predicted molar refractivity (Wildman–Crippen MR) is 224 cm³/mol. The van der Waals surface area contributed by atoms with E-state index in [4.69, 9.17) is 11.5 Å². The number of amides is 2. The minimum atomic E-state index is -1.11. The van der Waals surface area contributed by atoms with Crippen LogP contribution >= 0.6 is 0 Å². The van der Waals surface area contributed by atoms with Gasteiger partial charge in [-0.05, 0) is 77.8 Å². The molecule has 4 N–H and O–H groups in total. The van der Waals surface area contributed by atoms with Gasteiger partial charge in [-0.15, -0.1) is 0 Å². The van der Waals surface area contributed by atoms with Crippen LogP contribution in [-0.2, 0) is 9.59 Å². The normalized spacial score (nSPS) is 12.0. The second-order valence-electron chi connectivity index (χ2n) is 16.0. The van der Waals surface area contributed by atoms with Crippen molar-refractivity contribution in [1.82, 2.24) is 9.80 Å². The van der Waals surface area contributed by atoms with Crippen molar-refractivity contribution in [1.29, 1.82) is 0 Å². The van der Waals surface area contributed by atoms with Crippen molar-refractivity contribution in [2.75, 3.05) is 39.3 Å². The molecule has 0 aliphatic heterocycles. The summed E-state index contributed by atoms with van der Waals surface area (Å²) in [5, 5.41) is 0. The van der Waals surface area contributed by atoms with Crippen LogP contribution in [0.3, 0.4) is 0 Å². The Hall–Kier alpha value is -1.40. The largest absolute Gasteiger partial charge is 0.369 e. The molecule has 0 bridgehead atoms. The Kier molecular flexibility index (Phi) is 34.6. The lowest BCUT2D eigenvalue weighted by Gasteiger charge is -2.36. The van der Waals surface area contributed by atoms with Gasteiger partial charge in [0.15, 0.2) is 0 Å². The molecule has 0 aromatic carbocycles. The van der Waals surface area contributed by atoms with Gasteiger partial charge >= 0.3 is 0 Å². The summed E-state index contributed by atoms with van der Waals surface area (Å²) in [6, 6.07) is 0. The molecule has 0 radical (unpaired) electrons.